The Kier molecular flexibility index (Phi) is 7.14. The van der Waals surface area contributed by atoms with Crippen molar-refractivity contribution in [1.82, 2.24) is 15.1 Å². The summed E-state index contributed by atoms with van der Waals surface area (Å²) in [6.45, 7) is 3.13. The van der Waals surface area contributed by atoms with Crippen LogP contribution < -0.4 is 10.6 Å². The van der Waals surface area contributed by atoms with Crippen LogP contribution in [0.15, 0.2) is 18.2 Å². The Morgan fingerprint density at radius 1 is 1.10 bits per heavy atom. The number of amides is 3. The van der Waals surface area contributed by atoms with Crippen molar-refractivity contribution in [3.63, 3.8) is 0 Å². The number of likely N-dealkylation sites (tertiary alicyclic amines) is 1. The summed E-state index contributed by atoms with van der Waals surface area (Å²) < 4.78 is 0. The molecule has 1 aromatic carbocycles. The molecule has 0 radical (unpaired) electrons. The number of nitrogens with one attached hydrogen (secondary N) is 2. The summed E-state index contributed by atoms with van der Waals surface area (Å²) >= 11 is 0. The lowest BCUT2D eigenvalue weighted by molar-refractivity contribution is -0.135. The number of benzene rings is 1. The minimum absolute atomic E-state index is 0. The molecule has 1 aliphatic carbocycles. The van der Waals surface area contributed by atoms with Gasteiger partial charge < -0.3 is 20.4 Å². The number of ketones is 1. The van der Waals surface area contributed by atoms with Crippen LogP contribution in [-0.4, -0.2) is 66.3 Å². The van der Waals surface area contributed by atoms with Crippen LogP contribution in [0, 0.1) is 0 Å². The summed E-state index contributed by atoms with van der Waals surface area (Å²) in [6, 6.07) is 5.60. The van der Waals surface area contributed by atoms with Gasteiger partial charge in [0.25, 0.3) is 0 Å². The van der Waals surface area contributed by atoms with Gasteiger partial charge in [0.1, 0.15) is 0 Å². The predicted octanol–water partition coefficient (Wildman–Crippen LogP) is 2.45. The lowest BCUT2D eigenvalue weighted by Crippen LogP contribution is -2.57. The third-order valence-electron chi connectivity index (χ3n) is 6.01. The highest BCUT2D eigenvalue weighted by Crippen LogP contribution is 2.24. The van der Waals surface area contributed by atoms with E-state index in [0.717, 1.165) is 49.8 Å². The molecule has 0 spiro atoms. The number of rotatable bonds is 2. The average Bonchev–Trinajstić information content (AvgIpc) is 2.90. The number of hydrogen-bond acceptors (Lipinski definition) is 4. The van der Waals surface area contributed by atoms with Gasteiger partial charge in [-0.25, -0.2) is 4.79 Å². The molecule has 1 unspecified atom stereocenters. The molecule has 3 amide bonds. The van der Waals surface area contributed by atoms with E-state index in [1.165, 1.54) is 0 Å². The number of Topliss-reactive ketones (excluding diaryl/α,β-unsaturated/α-hetero) is 1. The Balaban J connectivity index is 0.00000240. The Labute approximate surface area is 177 Å². The van der Waals surface area contributed by atoms with Crippen LogP contribution >= 0.6 is 12.4 Å². The van der Waals surface area contributed by atoms with Gasteiger partial charge in [0.15, 0.2) is 5.78 Å². The molecule has 0 aromatic heterocycles. The summed E-state index contributed by atoms with van der Waals surface area (Å²) in [4.78, 5) is 41.0. The number of piperidine rings is 1. The van der Waals surface area contributed by atoms with Gasteiger partial charge >= 0.3 is 6.03 Å². The molecule has 8 heteroatoms. The van der Waals surface area contributed by atoms with Crippen molar-refractivity contribution in [3.05, 3.63) is 29.3 Å². The fraction of sp³-hybridized carbons (Fsp3) is 0.571. The highest BCUT2D eigenvalue weighted by Gasteiger charge is 2.31. The van der Waals surface area contributed by atoms with E-state index in [-0.39, 0.29) is 36.2 Å². The molecule has 0 bridgehead atoms. The molecule has 2 fully saturated rings. The second kappa shape index (κ2) is 9.59. The molecular formula is C21H29ClN4O3. The number of carbonyl (C=O) groups excluding carboxylic acids is 3. The minimum Gasteiger partial charge on any atom is -0.336 e. The van der Waals surface area contributed by atoms with Gasteiger partial charge in [0, 0.05) is 49.9 Å². The zero-order valence-corrected chi connectivity index (χ0v) is 17.4. The fourth-order valence-electron chi connectivity index (χ4n) is 4.47. The first-order chi connectivity index (χ1) is 13.6. The number of anilines is 1. The van der Waals surface area contributed by atoms with Crippen molar-refractivity contribution in [3.8, 4) is 0 Å². The van der Waals surface area contributed by atoms with Crippen LogP contribution in [0.5, 0.6) is 0 Å². The highest BCUT2D eigenvalue weighted by molar-refractivity contribution is 6.00. The standard InChI is InChI=1S/C21H28N4O3.ClH/c26-19-6-2-1-4-15-7-8-16(12-18(15)19)23-21(28)24-10-3-5-17(14-24)25-11-9-22-13-20(25)27;/h7-8,12,17,22H,1-6,9-11,13-14H2,(H,23,28);1H. The SMILES string of the molecule is Cl.O=C1CCCCc2ccc(NC(=O)N3CCCC(N4CCNCC4=O)C3)cc21. The van der Waals surface area contributed by atoms with Gasteiger partial charge in [0.2, 0.25) is 5.91 Å². The van der Waals surface area contributed by atoms with E-state index in [2.05, 4.69) is 10.6 Å². The predicted molar refractivity (Wildman–Crippen MR) is 114 cm³/mol. The molecule has 2 aliphatic heterocycles. The fourth-order valence-corrected chi connectivity index (χ4v) is 4.47. The summed E-state index contributed by atoms with van der Waals surface area (Å²) in [5, 5.41) is 6.05. The number of nitrogens with zero attached hydrogens (tertiary/aromatic N) is 2. The Morgan fingerprint density at radius 3 is 2.76 bits per heavy atom. The average molecular weight is 421 g/mol. The topological polar surface area (TPSA) is 81.8 Å². The quantitative estimate of drug-likeness (QED) is 0.720. The molecular weight excluding hydrogens is 392 g/mol. The Bertz CT molecular complexity index is 785. The van der Waals surface area contributed by atoms with Crippen LogP contribution in [0.4, 0.5) is 10.5 Å². The lowest BCUT2D eigenvalue weighted by Gasteiger charge is -2.41. The van der Waals surface area contributed by atoms with E-state index in [1.54, 1.807) is 4.90 Å². The molecule has 158 valence electrons. The van der Waals surface area contributed by atoms with Crippen molar-refractivity contribution in [2.45, 2.75) is 44.6 Å². The van der Waals surface area contributed by atoms with Crippen molar-refractivity contribution < 1.29 is 14.4 Å². The summed E-state index contributed by atoms with van der Waals surface area (Å²) in [5.41, 5.74) is 2.49. The van der Waals surface area contributed by atoms with Crippen LogP contribution in [0.2, 0.25) is 0 Å². The van der Waals surface area contributed by atoms with Gasteiger partial charge in [-0.05, 0) is 49.8 Å². The number of urea groups is 1. The Hall–Kier alpha value is -2.12. The van der Waals surface area contributed by atoms with Crippen molar-refractivity contribution in [2.75, 3.05) is 38.0 Å². The van der Waals surface area contributed by atoms with Gasteiger partial charge in [-0.2, -0.15) is 0 Å². The summed E-state index contributed by atoms with van der Waals surface area (Å²) in [7, 11) is 0. The van der Waals surface area contributed by atoms with Crippen LogP contribution in [0.1, 0.15) is 48.0 Å². The molecule has 2 heterocycles. The Morgan fingerprint density at radius 2 is 1.93 bits per heavy atom. The first kappa shape index (κ1) is 21.6. The molecule has 29 heavy (non-hydrogen) atoms. The molecule has 2 N–H and O–H groups in total. The maximum Gasteiger partial charge on any atom is 0.321 e. The lowest BCUT2D eigenvalue weighted by atomic mass is 10.0. The number of piperazine rings is 1. The number of halogens is 1. The van der Waals surface area contributed by atoms with E-state index in [4.69, 9.17) is 0 Å². The normalized spacial score (nSPS) is 22.4. The van der Waals surface area contributed by atoms with E-state index < -0.39 is 0 Å². The van der Waals surface area contributed by atoms with E-state index in [0.29, 0.717) is 38.3 Å². The van der Waals surface area contributed by atoms with Gasteiger partial charge in [-0.1, -0.05) is 6.07 Å². The van der Waals surface area contributed by atoms with Crippen molar-refractivity contribution in [1.29, 1.82) is 0 Å². The first-order valence-corrected chi connectivity index (χ1v) is 10.3. The molecule has 1 atom stereocenters. The minimum atomic E-state index is -0.159. The second-order valence-corrected chi connectivity index (χ2v) is 7.94. The molecule has 7 nitrogen and oxygen atoms in total. The second-order valence-electron chi connectivity index (χ2n) is 7.94. The highest BCUT2D eigenvalue weighted by atomic mass is 35.5. The third-order valence-corrected chi connectivity index (χ3v) is 6.01. The van der Waals surface area contributed by atoms with Crippen LogP contribution in [-0.2, 0) is 11.2 Å². The number of fused-ring (bicyclic) bond motifs is 1. The van der Waals surface area contributed by atoms with E-state index in [1.807, 2.05) is 23.1 Å². The zero-order valence-electron chi connectivity index (χ0n) is 16.6. The third kappa shape index (κ3) is 4.90. The number of carbonyl (C=O) groups is 3. The van der Waals surface area contributed by atoms with Crippen molar-refractivity contribution in [2.24, 2.45) is 0 Å². The summed E-state index contributed by atoms with van der Waals surface area (Å²) in [5.74, 6) is 0.279. The van der Waals surface area contributed by atoms with Gasteiger partial charge in [-0.3, -0.25) is 9.59 Å². The van der Waals surface area contributed by atoms with E-state index in [9.17, 15) is 14.4 Å². The zero-order chi connectivity index (χ0) is 19.5. The molecule has 2 saturated heterocycles. The molecule has 1 aromatic rings. The maximum absolute atomic E-state index is 12.8. The maximum atomic E-state index is 12.8. The largest absolute Gasteiger partial charge is 0.336 e. The molecule has 4 rings (SSSR count). The van der Waals surface area contributed by atoms with Crippen LogP contribution in [0.25, 0.3) is 0 Å². The van der Waals surface area contributed by atoms with E-state index >= 15 is 0 Å². The number of hydrogen-bond donors (Lipinski definition) is 2. The molecule has 3 aliphatic rings. The number of aryl methyl sites for hydroxylation is 1. The van der Waals surface area contributed by atoms with Gasteiger partial charge in [-0.15, -0.1) is 12.4 Å². The van der Waals surface area contributed by atoms with Crippen molar-refractivity contribution >= 4 is 35.8 Å². The monoisotopic (exact) mass is 420 g/mol. The molecule has 0 saturated carbocycles. The summed E-state index contributed by atoms with van der Waals surface area (Å²) in [6.07, 6.45) is 5.28. The van der Waals surface area contributed by atoms with Crippen LogP contribution in [0.3, 0.4) is 0 Å². The van der Waals surface area contributed by atoms with Gasteiger partial charge in [0.05, 0.1) is 6.54 Å². The first-order valence-electron chi connectivity index (χ1n) is 10.3. The smallest absolute Gasteiger partial charge is 0.321 e.